The highest BCUT2D eigenvalue weighted by Gasteiger charge is 2.19. The van der Waals surface area contributed by atoms with E-state index < -0.39 is 18.5 Å². The van der Waals surface area contributed by atoms with Gasteiger partial charge in [-0.05, 0) is 68.4 Å². The molecule has 0 unspecified atom stereocenters. The number of methoxy groups -OCH3 is 1. The fourth-order valence-electron chi connectivity index (χ4n) is 3.04. The molecular formula is C22H21FN2O4. The first-order chi connectivity index (χ1) is 13.9. The third-order valence-electron chi connectivity index (χ3n) is 4.44. The largest absolute Gasteiger partial charge is 0.497 e. The number of hydrogen-bond donors (Lipinski definition) is 1. The van der Waals surface area contributed by atoms with Crippen molar-refractivity contribution in [2.75, 3.05) is 19.0 Å². The van der Waals surface area contributed by atoms with Crippen LogP contribution in [-0.4, -0.2) is 30.2 Å². The first-order valence-corrected chi connectivity index (χ1v) is 8.95. The van der Waals surface area contributed by atoms with Crippen molar-refractivity contribution >= 4 is 17.6 Å². The van der Waals surface area contributed by atoms with E-state index in [-0.39, 0.29) is 5.82 Å². The van der Waals surface area contributed by atoms with Gasteiger partial charge in [-0.3, -0.25) is 4.79 Å². The maximum atomic E-state index is 13.2. The lowest BCUT2D eigenvalue weighted by molar-refractivity contribution is -0.119. The molecule has 2 aromatic carbocycles. The van der Waals surface area contributed by atoms with Crippen LogP contribution in [0.4, 0.5) is 10.1 Å². The standard InChI is InChI=1S/C22H21FN2O4/c1-14-12-20(15(2)25(14)18-8-4-16(23)5-9-18)22(27)29-13-21(26)24-17-6-10-19(28-3)11-7-17/h4-12H,13H2,1-3H3,(H,24,26). The van der Waals surface area contributed by atoms with Gasteiger partial charge < -0.3 is 19.4 Å². The number of aryl methyl sites for hydroxylation is 1. The smallest absolute Gasteiger partial charge is 0.340 e. The molecule has 0 fully saturated rings. The molecule has 0 aliphatic heterocycles. The zero-order valence-electron chi connectivity index (χ0n) is 16.4. The van der Waals surface area contributed by atoms with Crippen LogP contribution in [0.15, 0.2) is 54.6 Å². The molecule has 1 heterocycles. The Morgan fingerprint density at radius 2 is 1.69 bits per heavy atom. The lowest BCUT2D eigenvalue weighted by atomic mass is 10.2. The monoisotopic (exact) mass is 396 g/mol. The number of hydrogen-bond acceptors (Lipinski definition) is 4. The zero-order valence-corrected chi connectivity index (χ0v) is 16.4. The van der Waals surface area contributed by atoms with Crippen molar-refractivity contribution in [1.82, 2.24) is 4.57 Å². The van der Waals surface area contributed by atoms with Crippen molar-refractivity contribution in [3.05, 3.63) is 77.4 Å². The molecule has 150 valence electrons. The third-order valence-corrected chi connectivity index (χ3v) is 4.44. The molecule has 0 radical (unpaired) electrons. The summed E-state index contributed by atoms with van der Waals surface area (Å²) in [5.74, 6) is -0.711. The first-order valence-electron chi connectivity index (χ1n) is 8.95. The molecule has 7 heteroatoms. The number of rotatable bonds is 6. The van der Waals surface area contributed by atoms with Crippen LogP contribution in [0, 0.1) is 19.7 Å². The highest BCUT2D eigenvalue weighted by Crippen LogP contribution is 2.22. The number of halogens is 1. The Kier molecular flexibility index (Phi) is 5.97. The molecule has 0 spiro atoms. The number of carbonyl (C=O) groups excluding carboxylic acids is 2. The molecule has 0 atom stereocenters. The van der Waals surface area contributed by atoms with Crippen molar-refractivity contribution in [3.63, 3.8) is 0 Å². The fraction of sp³-hybridized carbons (Fsp3) is 0.182. The van der Waals surface area contributed by atoms with Crippen molar-refractivity contribution in [1.29, 1.82) is 0 Å². The van der Waals surface area contributed by atoms with E-state index in [1.54, 1.807) is 56.5 Å². The summed E-state index contributed by atoms with van der Waals surface area (Å²) in [4.78, 5) is 24.5. The molecule has 0 bridgehead atoms. The van der Waals surface area contributed by atoms with Crippen molar-refractivity contribution in [2.24, 2.45) is 0 Å². The Labute approximate surface area is 167 Å². The highest BCUT2D eigenvalue weighted by atomic mass is 19.1. The number of nitrogens with one attached hydrogen (secondary N) is 1. The Balaban J connectivity index is 1.65. The second-order valence-corrected chi connectivity index (χ2v) is 6.45. The average molecular weight is 396 g/mol. The molecule has 3 aromatic rings. The Bertz CT molecular complexity index is 1020. The van der Waals surface area contributed by atoms with Crippen LogP contribution in [0.1, 0.15) is 21.7 Å². The van der Waals surface area contributed by atoms with Gasteiger partial charge in [0.15, 0.2) is 6.61 Å². The van der Waals surface area contributed by atoms with Crippen molar-refractivity contribution < 1.29 is 23.5 Å². The highest BCUT2D eigenvalue weighted by molar-refractivity contribution is 5.96. The first kappa shape index (κ1) is 20.1. The van der Waals surface area contributed by atoms with E-state index in [9.17, 15) is 14.0 Å². The van der Waals surface area contributed by atoms with Gasteiger partial charge in [-0.25, -0.2) is 9.18 Å². The number of ether oxygens (including phenoxy) is 2. The van der Waals surface area contributed by atoms with Gasteiger partial charge in [-0.2, -0.15) is 0 Å². The Morgan fingerprint density at radius 1 is 1.03 bits per heavy atom. The Morgan fingerprint density at radius 3 is 2.31 bits per heavy atom. The van der Waals surface area contributed by atoms with E-state index in [0.29, 0.717) is 22.7 Å². The zero-order chi connectivity index (χ0) is 21.0. The molecule has 0 saturated heterocycles. The van der Waals surface area contributed by atoms with Gasteiger partial charge in [-0.15, -0.1) is 0 Å². The van der Waals surface area contributed by atoms with Gasteiger partial charge in [0, 0.05) is 22.8 Å². The second-order valence-electron chi connectivity index (χ2n) is 6.45. The third kappa shape index (κ3) is 4.63. The summed E-state index contributed by atoms with van der Waals surface area (Å²) in [5.41, 5.74) is 3.10. The lowest BCUT2D eigenvalue weighted by Crippen LogP contribution is -2.21. The number of anilines is 1. The van der Waals surface area contributed by atoms with Crippen LogP contribution < -0.4 is 10.1 Å². The van der Waals surface area contributed by atoms with E-state index in [1.807, 2.05) is 11.5 Å². The normalized spacial score (nSPS) is 10.5. The van der Waals surface area contributed by atoms with Gasteiger partial charge in [-0.1, -0.05) is 0 Å². The van der Waals surface area contributed by atoms with Gasteiger partial charge in [0.05, 0.1) is 12.7 Å². The molecule has 29 heavy (non-hydrogen) atoms. The number of amides is 1. The summed E-state index contributed by atoms with van der Waals surface area (Å²) in [5, 5.41) is 2.65. The molecule has 1 amide bonds. The molecule has 1 aromatic heterocycles. The number of aromatic nitrogens is 1. The predicted molar refractivity (Wildman–Crippen MR) is 107 cm³/mol. The maximum absolute atomic E-state index is 13.2. The van der Waals surface area contributed by atoms with E-state index in [4.69, 9.17) is 9.47 Å². The van der Waals surface area contributed by atoms with Crippen molar-refractivity contribution in [3.8, 4) is 11.4 Å². The molecule has 0 aliphatic carbocycles. The molecule has 1 N–H and O–H groups in total. The van der Waals surface area contributed by atoms with E-state index in [2.05, 4.69) is 5.32 Å². The van der Waals surface area contributed by atoms with Gasteiger partial charge in [0.1, 0.15) is 11.6 Å². The summed E-state index contributed by atoms with van der Waals surface area (Å²) < 4.78 is 25.2. The molecule has 3 rings (SSSR count). The summed E-state index contributed by atoms with van der Waals surface area (Å²) in [6.07, 6.45) is 0. The molecular weight excluding hydrogens is 375 g/mol. The van der Waals surface area contributed by atoms with Crippen LogP contribution >= 0.6 is 0 Å². The molecule has 0 saturated carbocycles. The minimum Gasteiger partial charge on any atom is -0.497 e. The van der Waals surface area contributed by atoms with E-state index >= 15 is 0 Å². The van der Waals surface area contributed by atoms with Gasteiger partial charge >= 0.3 is 5.97 Å². The summed E-state index contributed by atoms with van der Waals surface area (Å²) in [6, 6.07) is 14.5. The number of benzene rings is 2. The van der Waals surface area contributed by atoms with Crippen LogP contribution in [0.5, 0.6) is 5.75 Å². The van der Waals surface area contributed by atoms with Crippen LogP contribution in [-0.2, 0) is 9.53 Å². The Hall–Kier alpha value is -3.61. The average Bonchev–Trinajstić information content (AvgIpc) is 3.01. The van der Waals surface area contributed by atoms with Crippen LogP contribution in [0.3, 0.4) is 0 Å². The van der Waals surface area contributed by atoms with Crippen LogP contribution in [0.2, 0.25) is 0 Å². The van der Waals surface area contributed by atoms with E-state index in [0.717, 1.165) is 11.4 Å². The van der Waals surface area contributed by atoms with Gasteiger partial charge in [0.2, 0.25) is 0 Å². The maximum Gasteiger partial charge on any atom is 0.340 e. The SMILES string of the molecule is COc1ccc(NC(=O)COC(=O)c2cc(C)n(-c3ccc(F)cc3)c2C)cc1. The number of carbonyl (C=O) groups is 2. The predicted octanol–water partition coefficient (Wildman–Crippen LogP) is 4.04. The number of nitrogens with zero attached hydrogens (tertiary/aromatic N) is 1. The summed E-state index contributed by atoms with van der Waals surface area (Å²) >= 11 is 0. The fourth-order valence-corrected chi connectivity index (χ4v) is 3.04. The topological polar surface area (TPSA) is 69.6 Å². The summed E-state index contributed by atoms with van der Waals surface area (Å²) in [6.45, 7) is 3.19. The second kappa shape index (κ2) is 8.60. The quantitative estimate of drug-likeness (QED) is 0.639. The van der Waals surface area contributed by atoms with E-state index in [1.165, 1.54) is 12.1 Å². The van der Waals surface area contributed by atoms with Crippen LogP contribution in [0.25, 0.3) is 5.69 Å². The minimum atomic E-state index is -0.601. The van der Waals surface area contributed by atoms with Crippen molar-refractivity contribution in [2.45, 2.75) is 13.8 Å². The van der Waals surface area contributed by atoms with Gasteiger partial charge in [0.25, 0.3) is 5.91 Å². The lowest BCUT2D eigenvalue weighted by Gasteiger charge is -2.10. The summed E-state index contributed by atoms with van der Waals surface area (Å²) in [7, 11) is 1.56. The molecule has 0 aliphatic rings. The molecule has 6 nitrogen and oxygen atoms in total. The minimum absolute atomic E-state index is 0.335. The number of esters is 1.